The molecule has 1 saturated heterocycles. The third-order valence-electron chi connectivity index (χ3n) is 6.00. The van der Waals surface area contributed by atoms with Gasteiger partial charge in [0.1, 0.15) is 0 Å². The summed E-state index contributed by atoms with van der Waals surface area (Å²) in [5.74, 6) is 0. The van der Waals surface area contributed by atoms with Crippen LogP contribution in [0.15, 0.2) is 0 Å². The lowest BCUT2D eigenvalue weighted by atomic mass is 9.71. The molecule has 1 aliphatic heterocycles. The zero-order chi connectivity index (χ0) is 13.3. The van der Waals surface area contributed by atoms with Crippen molar-refractivity contribution in [2.24, 2.45) is 5.41 Å². The first-order valence-electron chi connectivity index (χ1n) is 8.59. The van der Waals surface area contributed by atoms with Gasteiger partial charge in [0.2, 0.25) is 0 Å². The molecule has 3 aliphatic rings. The Kier molecular flexibility index (Phi) is 3.92. The van der Waals surface area contributed by atoms with E-state index in [-0.39, 0.29) is 0 Å². The molecule has 2 nitrogen and oxygen atoms in total. The summed E-state index contributed by atoms with van der Waals surface area (Å²) in [5, 5.41) is 3.69. The minimum atomic E-state index is 0.522. The maximum Gasteiger partial charge on any atom is 0.0337 e. The second-order valence-electron chi connectivity index (χ2n) is 8.07. The van der Waals surface area contributed by atoms with Crippen molar-refractivity contribution in [1.82, 2.24) is 10.2 Å². The van der Waals surface area contributed by atoms with E-state index in [1.165, 1.54) is 77.4 Å². The fraction of sp³-hybridized carbons (Fsp3) is 1.00. The van der Waals surface area contributed by atoms with Gasteiger partial charge in [0.25, 0.3) is 0 Å². The first-order valence-corrected chi connectivity index (χ1v) is 8.59. The lowest BCUT2D eigenvalue weighted by molar-refractivity contribution is -0.0347. The molecule has 1 N–H and O–H groups in total. The Labute approximate surface area is 119 Å². The van der Waals surface area contributed by atoms with Gasteiger partial charge in [-0.3, -0.25) is 4.90 Å². The highest BCUT2D eigenvalue weighted by Gasteiger charge is 2.44. The highest BCUT2D eigenvalue weighted by atomic mass is 15.3. The molecule has 19 heavy (non-hydrogen) atoms. The van der Waals surface area contributed by atoms with E-state index in [2.05, 4.69) is 24.1 Å². The van der Waals surface area contributed by atoms with Gasteiger partial charge in [0.05, 0.1) is 0 Å². The zero-order valence-corrected chi connectivity index (χ0v) is 13.0. The van der Waals surface area contributed by atoms with Crippen LogP contribution in [0.25, 0.3) is 0 Å². The molecular weight excluding hydrogens is 232 g/mol. The monoisotopic (exact) mass is 264 g/mol. The molecule has 1 heterocycles. The molecule has 1 atom stereocenters. The smallest absolute Gasteiger partial charge is 0.0337 e. The predicted octanol–water partition coefficient (Wildman–Crippen LogP) is 3.56. The highest BCUT2D eigenvalue weighted by Crippen LogP contribution is 2.43. The van der Waals surface area contributed by atoms with E-state index >= 15 is 0 Å². The van der Waals surface area contributed by atoms with Gasteiger partial charge in [-0.2, -0.15) is 0 Å². The molecule has 0 bridgehead atoms. The van der Waals surface area contributed by atoms with Crippen molar-refractivity contribution in [3.8, 4) is 0 Å². The maximum atomic E-state index is 3.69. The van der Waals surface area contributed by atoms with Crippen molar-refractivity contribution in [2.45, 2.75) is 83.2 Å². The van der Waals surface area contributed by atoms with Crippen LogP contribution in [-0.2, 0) is 0 Å². The Morgan fingerprint density at radius 1 is 1.00 bits per heavy atom. The molecule has 3 rings (SSSR count). The summed E-state index contributed by atoms with van der Waals surface area (Å²) >= 11 is 0. The second kappa shape index (κ2) is 5.37. The lowest BCUT2D eigenvalue weighted by Gasteiger charge is -2.55. The van der Waals surface area contributed by atoms with Gasteiger partial charge in [-0.25, -0.2) is 0 Å². The Bertz CT molecular complexity index is 296. The molecule has 2 saturated carbocycles. The van der Waals surface area contributed by atoms with Crippen LogP contribution in [0.3, 0.4) is 0 Å². The van der Waals surface area contributed by atoms with Crippen molar-refractivity contribution >= 4 is 0 Å². The first kappa shape index (κ1) is 13.9. The molecule has 2 aliphatic carbocycles. The van der Waals surface area contributed by atoms with Crippen molar-refractivity contribution in [1.29, 1.82) is 0 Å². The van der Waals surface area contributed by atoms with Crippen LogP contribution >= 0.6 is 0 Å². The number of nitrogens with zero attached hydrogens (tertiary/aromatic N) is 1. The molecule has 3 fully saturated rings. The lowest BCUT2D eigenvalue weighted by Crippen LogP contribution is -2.65. The van der Waals surface area contributed by atoms with E-state index in [9.17, 15) is 0 Å². The quantitative estimate of drug-likeness (QED) is 0.779. The van der Waals surface area contributed by atoms with Crippen molar-refractivity contribution in [2.75, 3.05) is 19.6 Å². The molecule has 0 aromatic rings. The minimum absolute atomic E-state index is 0.522. The third-order valence-corrected chi connectivity index (χ3v) is 6.00. The third kappa shape index (κ3) is 2.85. The molecular formula is C17H32N2. The fourth-order valence-electron chi connectivity index (χ4n) is 5.03. The SMILES string of the molecule is CC1(C)CCCC(N2CCNCC23CCCCC3)C1. The first-order chi connectivity index (χ1) is 9.11. The molecule has 0 aromatic carbocycles. The van der Waals surface area contributed by atoms with Gasteiger partial charge in [0, 0.05) is 31.2 Å². The zero-order valence-electron chi connectivity index (χ0n) is 13.0. The summed E-state index contributed by atoms with van der Waals surface area (Å²) in [5.41, 5.74) is 1.10. The summed E-state index contributed by atoms with van der Waals surface area (Å²) in [6.07, 6.45) is 13.0. The molecule has 2 heteroatoms. The molecule has 0 aromatic heterocycles. The van der Waals surface area contributed by atoms with E-state index in [0.717, 1.165) is 6.04 Å². The summed E-state index contributed by atoms with van der Waals surface area (Å²) in [4.78, 5) is 2.96. The summed E-state index contributed by atoms with van der Waals surface area (Å²) in [6.45, 7) is 8.72. The van der Waals surface area contributed by atoms with E-state index in [4.69, 9.17) is 0 Å². The van der Waals surface area contributed by atoms with Crippen LogP contribution in [0, 0.1) is 5.41 Å². The Morgan fingerprint density at radius 2 is 1.79 bits per heavy atom. The van der Waals surface area contributed by atoms with Gasteiger partial charge >= 0.3 is 0 Å². The number of nitrogens with one attached hydrogen (secondary N) is 1. The van der Waals surface area contributed by atoms with Crippen LogP contribution < -0.4 is 5.32 Å². The van der Waals surface area contributed by atoms with E-state index in [0.29, 0.717) is 11.0 Å². The molecule has 1 unspecified atom stereocenters. The van der Waals surface area contributed by atoms with Crippen LogP contribution in [0.5, 0.6) is 0 Å². The number of hydrogen-bond donors (Lipinski definition) is 1. The molecule has 0 amide bonds. The second-order valence-corrected chi connectivity index (χ2v) is 8.07. The summed E-state index contributed by atoms with van der Waals surface area (Å²) < 4.78 is 0. The highest BCUT2D eigenvalue weighted by molar-refractivity contribution is 5.01. The van der Waals surface area contributed by atoms with Crippen LogP contribution in [0.1, 0.15) is 71.6 Å². The number of hydrogen-bond acceptors (Lipinski definition) is 2. The maximum absolute atomic E-state index is 3.69. The molecule has 110 valence electrons. The van der Waals surface area contributed by atoms with Crippen molar-refractivity contribution in [3.63, 3.8) is 0 Å². The van der Waals surface area contributed by atoms with Crippen molar-refractivity contribution < 1.29 is 0 Å². The Morgan fingerprint density at radius 3 is 2.53 bits per heavy atom. The number of rotatable bonds is 1. The summed E-state index contributed by atoms with van der Waals surface area (Å²) in [7, 11) is 0. The minimum Gasteiger partial charge on any atom is -0.314 e. The van der Waals surface area contributed by atoms with Crippen LogP contribution in [0.2, 0.25) is 0 Å². The summed E-state index contributed by atoms with van der Waals surface area (Å²) in [6, 6.07) is 0.865. The van der Waals surface area contributed by atoms with Gasteiger partial charge in [-0.05, 0) is 37.5 Å². The van der Waals surface area contributed by atoms with E-state index in [1.807, 2.05) is 0 Å². The Balaban J connectivity index is 1.76. The van der Waals surface area contributed by atoms with Gasteiger partial charge < -0.3 is 5.32 Å². The molecule has 0 radical (unpaired) electrons. The fourth-order valence-corrected chi connectivity index (χ4v) is 5.03. The normalized spacial score (nSPS) is 35.4. The standard InChI is InChI=1S/C17H32N2/c1-16(2)8-6-7-15(13-16)19-12-11-18-14-17(19)9-4-3-5-10-17/h15,18H,3-14H2,1-2H3. The van der Waals surface area contributed by atoms with Gasteiger partial charge in [0.15, 0.2) is 0 Å². The predicted molar refractivity (Wildman–Crippen MR) is 81.4 cm³/mol. The van der Waals surface area contributed by atoms with E-state index in [1.54, 1.807) is 0 Å². The average Bonchev–Trinajstić information content (AvgIpc) is 2.39. The number of piperazine rings is 1. The van der Waals surface area contributed by atoms with E-state index < -0.39 is 0 Å². The van der Waals surface area contributed by atoms with Crippen molar-refractivity contribution in [3.05, 3.63) is 0 Å². The van der Waals surface area contributed by atoms with Gasteiger partial charge in [-0.1, -0.05) is 39.5 Å². The largest absolute Gasteiger partial charge is 0.314 e. The topological polar surface area (TPSA) is 15.3 Å². The average molecular weight is 264 g/mol. The van der Waals surface area contributed by atoms with Gasteiger partial charge in [-0.15, -0.1) is 0 Å². The van der Waals surface area contributed by atoms with Crippen LogP contribution in [-0.4, -0.2) is 36.1 Å². The molecule has 1 spiro atoms. The Hall–Kier alpha value is -0.0800. The van der Waals surface area contributed by atoms with Crippen LogP contribution in [0.4, 0.5) is 0 Å².